The molecule has 162 valence electrons. The maximum absolute atomic E-state index is 12.7. The number of para-hydroxylation sites is 2. The van der Waals surface area contributed by atoms with Crippen molar-refractivity contribution in [3.8, 4) is 11.5 Å². The second kappa shape index (κ2) is 11.6. The zero-order chi connectivity index (χ0) is 21.2. The number of carbonyl (C=O) groups excluding carboxylic acids is 1. The number of carbonyl (C=O) groups is 1. The van der Waals surface area contributed by atoms with Gasteiger partial charge in [-0.3, -0.25) is 4.79 Å². The minimum absolute atomic E-state index is 0.119. The Hall–Kier alpha value is -2.53. The van der Waals surface area contributed by atoms with Gasteiger partial charge in [-0.1, -0.05) is 24.3 Å². The van der Waals surface area contributed by atoms with E-state index in [0.29, 0.717) is 6.61 Å². The number of benzene rings is 2. The molecule has 1 saturated heterocycles. The van der Waals surface area contributed by atoms with Crippen molar-refractivity contribution < 1.29 is 14.3 Å². The number of hydrogen-bond donors (Lipinski definition) is 1. The SMILES string of the molecule is CC(C)Oc1ccccc1OCCCNCc1cccc(C(=O)N2CCCCC2)c1. The van der Waals surface area contributed by atoms with Crippen molar-refractivity contribution in [2.75, 3.05) is 26.2 Å². The Morgan fingerprint density at radius 1 is 1.03 bits per heavy atom. The Bertz CT molecular complexity index is 800. The average molecular weight is 411 g/mol. The predicted octanol–water partition coefficient (Wildman–Crippen LogP) is 4.66. The van der Waals surface area contributed by atoms with Gasteiger partial charge in [-0.15, -0.1) is 0 Å². The van der Waals surface area contributed by atoms with Crippen molar-refractivity contribution >= 4 is 5.91 Å². The molecule has 1 aliphatic heterocycles. The van der Waals surface area contributed by atoms with Crippen LogP contribution >= 0.6 is 0 Å². The third-order valence-electron chi connectivity index (χ3n) is 5.11. The summed E-state index contributed by atoms with van der Waals surface area (Å²) in [5.74, 6) is 1.73. The zero-order valence-electron chi connectivity index (χ0n) is 18.2. The summed E-state index contributed by atoms with van der Waals surface area (Å²) in [4.78, 5) is 14.7. The maximum atomic E-state index is 12.7. The van der Waals surface area contributed by atoms with E-state index in [2.05, 4.69) is 11.4 Å². The van der Waals surface area contributed by atoms with Gasteiger partial charge in [0, 0.05) is 25.2 Å². The molecular weight excluding hydrogens is 376 g/mol. The highest BCUT2D eigenvalue weighted by Gasteiger charge is 2.18. The van der Waals surface area contributed by atoms with E-state index in [9.17, 15) is 4.79 Å². The first-order chi connectivity index (χ1) is 14.6. The Balaban J connectivity index is 1.39. The normalized spacial score (nSPS) is 14.0. The van der Waals surface area contributed by atoms with Crippen LogP contribution in [0.15, 0.2) is 48.5 Å². The number of piperidine rings is 1. The lowest BCUT2D eigenvalue weighted by Crippen LogP contribution is -2.35. The highest BCUT2D eigenvalue weighted by molar-refractivity contribution is 5.94. The second-order valence-corrected chi connectivity index (χ2v) is 8.05. The quantitative estimate of drug-likeness (QED) is 0.579. The molecule has 1 fully saturated rings. The van der Waals surface area contributed by atoms with Gasteiger partial charge in [0.25, 0.3) is 5.91 Å². The fraction of sp³-hybridized carbons (Fsp3) is 0.480. The van der Waals surface area contributed by atoms with Gasteiger partial charge in [-0.2, -0.15) is 0 Å². The minimum atomic E-state index is 0.119. The van der Waals surface area contributed by atoms with Crippen LogP contribution in [0.3, 0.4) is 0 Å². The summed E-state index contributed by atoms with van der Waals surface area (Å²) in [7, 11) is 0. The molecule has 0 saturated carbocycles. The van der Waals surface area contributed by atoms with E-state index in [1.165, 1.54) is 6.42 Å². The van der Waals surface area contributed by atoms with Gasteiger partial charge < -0.3 is 19.7 Å². The average Bonchev–Trinajstić information content (AvgIpc) is 2.77. The van der Waals surface area contributed by atoms with Gasteiger partial charge in [0.2, 0.25) is 0 Å². The fourth-order valence-corrected chi connectivity index (χ4v) is 3.63. The lowest BCUT2D eigenvalue weighted by Gasteiger charge is -2.26. The second-order valence-electron chi connectivity index (χ2n) is 8.05. The number of hydrogen-bond acceptors (Lipinski definition) is 4. The van der Waals surface area contributed by atoms with E-state index < -0.39 is 0 Å². The molecular formula is C25H34N2O3. The Kier molecular flexibility index (Phi) is 8.57. The van der Waals surface area contributed by atoms with E-state index in [0.717, 1.165) is 68.1 Å². The molecule has 0 radical (unpaired) electrons. The maximum Gasteiger partial charge on any atom is 0.253 e. The van der Waals surface area contributed by atoms with Crippen LogP contribution in [0, 0.1) is 0 Å². The standard InChI is InChI=1S/C25H34N2O3/c1-20(2)30-24-13-5-4-12-23(24)29-17-9-14-26-19-21-10-8-11-22(18-21)25(28)27-15-6-3-7-16-27/h4-5,8,10-13,18,20,26H,3,6-7,9,14-17,19H2,1-2H3. The van der Waals surface area contributed by atoms with E-state index in [1.807, 2.05) is 61.2 Å². The number of rotatable bonds is 10. The van der Waals surface area contributed by atoms with Gasteiger partial charge in [0.15, 0.2) is 11.5 Å². The van der Waals surface area contributed by atoms with Gasteiger partial charge in [0.1, 0.15) is 0 Å². The number of ether oxygens (including phenoxy) is 2. The van der Waals surface area contributed by atoms with E-state index in [1.54, 1.807) is 0 Å². The predicted molar refractivity (Wildman–Crippen MR) is 120 cm³/mol. The molecule has 30 heavy (non-hydrogen) atoms. The Labute approximate surface area is 180 Å². The molecule has 2 aromatic carbocycles. The van der Waals surface area contributed by atoms with Crippen LogP contribution in [0.25, 0.3) is 0 Å². The van der Waals surface area contributed by atoms with Crippen LogP contribution in [0.1, 0.15) is 55.5 Å². The van der Waals surface area contributed by atoms with Crippen molar-refractivity contribution in [2.45, 2.75) is 52.2 Å². The molecule has 2 aromatic rings. The Morgan fingerprint density at radius 2 is 1.80 bits per heavy atom. The molecule has 1 amide bonds. The number of nitrogens with one attached hydrogen (secondary N) is 1. The van der Waals surface area contributed by atoms with Crippen molar-refractivity contribution in [3.63, 3.8) is 0 Å². The molecule has 0 bridgehead atoms. The first kappa shape index (κ1) is 22.2. The summed E-state index contributed by atoms with van der Waals surface area (Å²) in [6.45, 7) is 8.00. The summed E-state index contributed by atoms with van der Waals surface area (Å²) in [5.41, 5.74) is 1.93. The molecule has 5 nitrogen and oxygen atoms in total. The van der Waals surface area contributed by atoms with E-state index in [4.69, 9.17) is 9.47 Å². The highest BCUT2D eigenvalue weighted by Crippen LogP contribution is 2.27. The summed E-state index contributed by atoms with van der Waals surface area (Å²) >= 11 is 0. The van der Waals surface area contributed by atoms with Crippen molar-refractivity contribution in [2.24, 2.45) is 0 Å². The minimum Gasteiger partial charge on any atom is -0.490 e. The number of amides is 1. The third kappa shape index (κ3) is 6.77. The van der Waals surface area contributed by atoms with Crippen molar-refractivity contribution in [1.29, 1.82) is 0 Å². The molecule has 1 N–H and O–H groups in total. The zero-order valence-corrected chi connectivity index (χ0v) is 18.2. The molecule has 0 aromatic heterocycles. The van der Waals surface area contributed by atoms with Gasteiger partial charge in [0.05, 0.1) is 12.7 Å². The Morgan fingerprint density at radius 3 is 2.57 bits per heavy atom. The van der Waals surface area contributed by atoms with Crippen LogP contribution in [0.5, 0.6) is 11.5 Å². The smallest absolute Gasteiger partial charge is 0.253 e. The van der Waals surface area contributed by atoms with Crippen LogP contribution in [0.4, 0.5) is 0 Å². The van der Waals surface area contributed by atoms with E-state index in [-0.39, 0.29) is 12.0 Å². The molecule has 1 heterocycles. The van der Waals surface area contributed by atoms with Gasteiger partial charge >= 0.3 is 0 Å². The van der Waals surface area contributed by atoms with Crippen molar-refractivity contribution in [1.82, 2.24) is 10.2 Å². The third-order valence-corrected chi connectivity index (χ3v) is 5.11. The van der Waals surface area contributed by atoms with Gasteiger partial charge in [-0.05, 0) is 75.9 Å². The molecule has 0 spiro atoms. The monoisotopic (exact) mass is 410 g/mol. The molecule has 0 aliphatic carbocycles. The molecule has 3 rings (SSSR count). The molecule has 1 aliphatic rings. The molecule has 0 unspecified atom stereocenters. The summed E-state index contributed by atoms with van der Waals surface area (Å²) in [6, 6.07) is 15.8. The van der Waals surface area contributed by atoms with E-state index >= 15 is 0 Å². The summed E-state index contributed by atoms with van der Waals surface area (Å²) < 4.78 is 11.7. The molecule has 0 atom stereocenters. The summed E-state index contributed by atoms with van der Waals surface area (Å²) in [5, 5.41) is 3.44. The number of likely N-dealkylation sites (tertiary alicyclic amines) is 1. The van der Waals surface area contributed by atoms with Crippen LogP contribution in [-0.4, -0.2) is 43.2 Å². The fourth-order valence-electron chi connectivity index (χ4n) is 3.63. The highest BCUT2D eigenvalue weighted by atomic mass is 16.5. The first-order valence-corrected chi connectivity index (χ1v) is 11.1. The van der Waals surface area contributed by atoms with Crippen LogP contribution in [-0.2, 0) is 6.54 Å². The first-order valence-electron chi connectivity index (χ1n) is 11.1. The largest absolute Gasteiger partial charge is 0.490 e. The summed E-state index contributed by atoms with van der Waals surface area (Å²) in [6.07, 6.45) is 4.47. The van der Waals surface area contributed by atoms with Crippen LogP contribution in [0.2, 0.25) is 0 Å². The number of nitrogens with zero attached hydrogens (tertiary/aromatic N) is 1. The topological polar surface area (TPSA) is 50.8 Å². The van der Waals surface area contributed by atoms with Gasteiger partial charge in [-0.25, -0.2) is 0 Å². The lowest BCUT2D eigenvalue weighted by atomic mass is 10.1. The van der Waals surface area contributed by atoms with Crippen LogP contribution < -0.4 is 14.8 Å². The lowest BCUT2D eigenvalue weighted by molar-refractivity contribution is 0.0724. The van der Waals surface area contributed by atoms with Crippen molar-refractivity contribution in [3.05, 3.63) is 59.7 Å². The molecule has 5 heteroatoms.